The molecule has 0 aliphatic rings. The number of halogens is 5. The number of alkyl halides is 3. The van der Waals surface area contributed by atoms with Gasteiger partial charge in [0.05, 0.1) is 15.6 Å². The van der Waals surface area contributed by atoms with E-state index in [2.05, 4.69) is 11.6 Å². The summed E-state index contributed by atoms with van der Waals surface area (Å²) in [5.41, 5.74) is 1.58. The van der Waals surface area contributed by atoms with Crippen molar-refractivity contribution in [2.24, 2.45) is 0 Å². The number of hydrogen-bond donors (Lipinski definition) is 1. The van der Waals surface area contributed by atoms with Crippen LogP contribution in [0.5, 0.6) is 0 Å². The lowest BCUT2D eigenvalue weighted by Gasteiger charge is -2.15. The van der Waals surface area contributed by atoms with Crippen molar-refractivity contribution in [2.45, 2.75) is 6.18 Å². The quantitative estimate of drug-likeness (QED) is 0.893. The van der Waals surface area contributed by atoms with Crippen LogP contribution in [0.2, 0.25) is 10.0 Å². The van der Waals surface area contributed by atoms with Gasteiger partial charge in [-0.2, -0.15) is 13.2 Å². The van der Waals surface area contributed by atoms with Gasteiger partial charge in [0.15, 0.2) is 11.5 Å². The molecule has 4 nitrogen and oxygen atoms in total. The molecule has 0 aliphatic carbocycles. The molecule has 2 N–H and O–H groups in total. The number of hydrogen-bond acceptors (Lipinski definition) is 3. The maximum atomic E-state index is 13.0. The normalized spacial score (nSPS) is 11.5. The van der Waals surface area contributed by atoms with Crippen molar-refractivity contribution in [3.63, 3.8) is 0 Å². The van der Waals surface area contributed by atoms with Gasteiger partial charge in [-0.3, -0.25) is 9.36 Å². The van der Waals surface area contributed by atoms with Crippen LogP contribution in [0.3, 0.4) is 0 Å². The smallest absolute Gasteiger partial charge is 0.392 e. The summed E-state index contributed by atoms with van der Waals surface area (Å²) < 4.78 is 39.7. The highest BCUT2D eigenvalue weighted by atomic mass is 35.5. The maximum absolute atomic E-state index is 13.0. The summed E-state index contributed by atoms with van der Waals surface area (Å²) in [5.74, 6) is -0.392. The summed E-state index contributed by atoms with van der Waals surface area (Å²) in [6.07, 6.45) is -3.91. The van der Waals surface area contributed by atoms with Crippen LogP contribution in [0, 0.1) is 0 Å². The Bertz CT molecular complexity index is 795. The molecule has 0 radical (unpaired) electrons. The van der Waals surface area contributed by atoms with Crippen molar-refractivity contribution >= 4 is 35.1 Å². The van der Waals surface area contributed by atoms with Crippen LogP contribution < -0.4 is 11.3 Å². The third kappa shape index (κ3) is 2.69. The Labute approximate surface area is 132 Å². The monoisotopic (exact) mass is 349 g/mol. The molecule has 0 saturated heterocycles. The first-order valence-electron chi connectivity index (χ1n) is 5.74. The van der Waals surface area contributed by atoms with Crippen molar-refractivity contribution in [2.75, 3.05) is 5.73 Å². The van der Waals surface area contributed by atoms with E-state index in [1.807, 2.05) is 0 Å². The van der Waals surface area contributed by atoms with Crippen LogP contribution in [0.25, 0.3) is 17.6 Å². The van der Waals surface area contributed by atoms with Crippen LogP contribution in [0.1, 0.15) is 5.69 Å². The molecular formula is C13H8Cl2F3N3O. The zero-order chi connectivity index (χ0) is 16.7. The lowest BCUT2D eigenvalue weighted by atomic mass is 10.2. The van der Waals surface area contributed by atoms with Crippen molar-refractivity contribution in [1.29, 1.82) is 0 Å². The van der Waals surface area contributed by atoms with Crippen LogP contribution in [-0.2, 0) is 6.18 Å². The van der Waals surface area contributed by atoms with E-state index in [4.69, 9.17) is 28.9 Å². The number of benzene rings is 1. The number of rotatable bonds is 2. The highest BCUT2D eigenvalue weighted by molar-refractivity contribution is 6.39. The molecule has 0 unspecified atom stereocenters. The van der Waals surface area contributed by atoms with Crippen LogP contribution in [0.4, 0.5) is 18.9 Å². The Kier molecular flexibility index (Phi) is 4.21. The molecule has 0 atom stereocenters. The highest BCUT2D eigenvalue weighted by Gasteiger charge is 2.37. The molecule has 1 aromatic carbocycles. The molecule has 2 aromatic rings. The molecule has 0 spiro atoms. The first kappa shape index (κ1) is 16.4. The average molecular weight is 350 g/mol. The van der Waals surface area contributed by atoms with Crippen LogP contribution in [-0.4, -0.2) is 9.55 Å². The predicted octanol–water partition coefficient (Wildman–Crippen LogP) is 3.92. The lowest BCUT2D eigenvalue weighted by molar-refractivity contribution is -0.140. The van der Waals surface area contributed by atoms with E-state index in [9.17, 15) is 18.0 Å². The summed E-state index contributed by atoms with van der Waals surface area (Å²) >= 11 is 11.9. The summed E-state index contributed by atoms with van der Waals surface area (Å²) in [6.45, 7) is 3.37. The van der Waals surface area contributed by atoms with E-state index in [1.54, 1.807) is 0 Å². The third-order valence-electron chi connectivity index (χ3n) is 2.79. The maximum Gasteiger partial charge on any atom is 0.435 e. The Morgan fingerprint density at radius 2 is 1.82 bits per heavy atom. The van der Waals surface area contributed by atoms with Gasteiger partial charge in [-0.05, 0) is 12.1 Å². The molecule has 0 aliphatic heterocycles. The van der Waals surface area contributed by atoms with E-state index in [-0.39, 0.29) is 15.6 Å². The van der Waals surface area contributed by atoms with Gasteiger partial charge < -0.3 is 5.73 Å². The molecular weight excluding hydrogens is 342 g/mol. The van der Waals surface area contributed by atoms with Crippen LogP contribution in [0.15, 0.2) is 29.6 Å². The highest BCUT2D eigenvalue weighted by Crippen LogP contribution is 2.36. The summed E-state index contributed by atoms with van der Waals surface area (Å²) in [6, 6.07) is 4.32. The lowest BCUT2D eigenvalue weighted by Crippen LogP contribution is -2.27. The first-order chi connectivity index (χ1) is 10.2. The summed E-state index contributed by atoms with van der Waals surface area (Å²) in [5, 5.41) is 0.0702. The third-order valence-corrected chi connectivity index (χ3v) is 3.42. The fourth-order valence-corrected chi connectivity index (χ4v) is 2.39. The Morgan fingerprint density at radius 1 is 1.27 bits per heavy atom. The molecule has 0 fully saturated rings. The molecule has 9 heteroatoms. The van der Waals surface area contributed by atoms with Crippen molar-refractivity contribution in [3.8, 4) is 11.4 Å². The van der Waals surface area contributed by atoms with E-state index >= 15 is 0 Å². The standard InChI is InChI=1S/C13H8Cl2F3N3O/c1-2-21-11(8-6(14)4-3-5-7(8)15)20-10(13(16,17)18)9(19)12(21)22/h2-5H,1,19H2. The average Bonchev–Trinajstić information content (AvgIpc) is 2.41. The molecule has 1 aromatic heterocycles. The van der Waals surface area contributed by atoms with Gasteiger partial charge in [-0.25, -0.2) is 4.98 Å². The minimum atomic E-state index is -4.90. The van der Waals surface area contributed by atoms with Crippen molar-refractivity contribution < 1.29 is 13.2 Å². The molecule has 1 heterocycles. The zero-order valence-electron chi connectivity index (χ0n) is 10.8. The fraction of sp³-hybridized carbons (Fsp3) is 0.0769. The Balaban J connectivity index is 2.96. The van der Waals surface area contributed by atoms with Crippen molar-refractivity contribution in [3.05, 3.63) is 50.9 Å². The number of aromatic nitrogens is 2. The van der Waals surface area contributed by atoms with Gasteiger partial charge in [0.1, 0.15) is 5.69 Å². The van der Waals surface area contributed by atoms with Gasteiger partial charge in [0, 0.05) is 6.20 Å². The molecule has 22 heavy (non-hydrogen) atoms. The van der Waals surface area contributed by atoms with Gasteiger partial charge in [-0.1, -0.05) is 35.8 Å². The van der Waals surface area contributed by atoms with E-state index < -0.39 is 28.9 Å². The fourth-order valence-electron chi connectivity index (χ4n) is 1.82. The van der Waals surface area contributed by atoms with Crippen LogP contribution >= 0.6 is 23.2 Å². The number of nitrogen functional groups attached to an aromatic ring is 1. The van der Waals surface area contributed by atoms with Crippen molar-refractivity contribution in [1.82, 2.24) is 9.55 Å². The number of anilines is 1. The SMILES string of the molecule is C=Cn1c(-c2c(Cl)cccc2Cl)nc(C(F)(F)F)c(N)c1=O. The Morgan fingerprint density at radius 3 is 2.27 bits per heavy atom. The second-order valence-corrected chi connectivity index (χ2v) is 4.96. The summed E-state index contributed by atoms with van der Waals surface area (Å²) in [7, 11) is 0. The van der Waals surface area contributed by atoms with E-state index in [0.717, 1.165) is 10.8 Å². The minimum Gasteiger partial charge on any atom is -0.392 e. The summed E-state index contributed by atoms with van der Waals surface area (Å²) in [4.78, 5) is 15.5. The predicted molar refractivity (Wildman–Crippen MR) is 79.8 cm³/mol. The second-order valence-electron chi connectivity index (χ2n) is 4.15. The van der Waals surface area contributed by atoms with E-state index in [1.165, 1.54) is 18.2 Å². The minimum absolute atomic E-state index is 0.0201. The topological polar surface area (TPSA) is 60.9 Å². The molecule has 0 bridgehead atoms. The van der Waals surface area contributed by atoms with Gasteiger partial charge in [-0.15, -0.1) is 0 Å². The first-order valence-corrected chi connectivity index (χ1v) is 6.50. The Hall–Kier alpha value is -1.99. The van der Waals surface area contributed by atoms with E-state index in [0.29, 0.717) is 0 Å². The largest absolute Gasteiger partial charge is 0.435 e. The molecule has 116 valence electrons. The van der Waals surface area contributed by atoms with Gasteiger partial charge in [0.2, 0.25) is 0 Å². The molecule has 0 saturated carbocycles. The number of nitrogens with zero attached hydrogens (tertiary/aromatic N) is 2. The molecule has 2 rings (SSSR count). The van der Waals surface area contributed by atoms with Gasteiger partial charge in [0.25, 0.3) is 5.56 Å². The number of nitrogens with two attached hydrogens (primary N) is 1. The zero-order valence-corrected chi connectivity index (χ0v) is 12.3. The second kappa shape index (κ2) is 5.66. The molecule has 0 amide bonds. The van der Waals surface area contributed by atoms with Gasteiger partial charge >= 0.3 is 6.18 Å².